The second-order valence-corrected chi connectivity index (χ2v) is 11.7. The van der Waals surface area contributed by atoms with Gasteiger partial charge in [0.05, 0.1) is 7.11 Å². The number of carbonyl (C=O) groups is 4. The number of nitrogens with zero attached hydrogens (tertiary/aromatic N) is 1. The van der Waals surface area contributed by atoms with E-state index in [9.17, 15) is 19.2 Å². The van der Waals surface area contributed by atoms with E-state index in [1.165, 1.54) is 12.0 Å². The first-order valence-electron chi connectivity index (χ1n) is 15.1. The molecule has 3 aromatic carbocycles. The van der Waals surface area contributed by atoms with Gasteiger partial charge in [-0.3, -0.25) is 9.59 Å². The van der Waals surface area contributed by atoms with Gasteiger partial charge in [0.25, 0.3) is 0 Å². The van der Waals surface area contributed by atoms with E-state index in [0.717, 1.165) is 27.8 Å². The summed E-state index contributed by atoms with van der Waals surface area (Å²) in [6.45, 7) is 4.10. The second-order valence-electron chi connectivity index (χ2n) is 11.7. The molecule has 0 spiro atoms. The van der Waals surface area contributed by atoms with Gasteiger partial charge in [-0.15, -0.1) is 0 Å². The van der Waals surface area contributed by atoms with Crippen molar-refractivity contribution in [3.05, 3.63) is 95.6 Å². The predicted octanol–water partition coefficient (Wildman–Crippen LogP) is 4.44. The first kappa shape index (κ1) is 30.8. The zero-order valence-electron chi connectivity index (χ0n) is 25.3. The van der Waals surface area contributed by atoms with Gasteiger partial charge in [0, 0.05) is 18.9 Å². The highest BCUT2D eigenvalue weighted by Crippen LogP contribution is 2.44. The number of benzene rings is 3. The number of hydrogen-bond acceptors (Lipinski definition) is 6. The summed E-state index contributed by atoms with van der Waals surface area (Å²) in [5, 5.41) is 5.57. The summed E-state index contributed by atoms with van der Waals surface area (Å²) in [6.07, 6.45) is 0.599. The Kier molecular flexibility index (Phi) is 9.62. The maximum Gasteiger partial charge on any atom is 0.407 e. The van der Waals surface area contributed by atoms with Crippen LogP contribution in [0.2, 0.25) is 0 Å². The zero-order valence-corrected chi connectivity index (χ0v) is 25.3. The lowest BCUT2D eigenvalue weighted by Crippen LogP contribution is -2.56. The molecule has 0 unspecified atom stereocenters. The number of rotatable bonds is 10. The molecular weight excluding hydrogens is 558 g/mol. The standard InChI is InChI=1S/C35H39N3O6/c1-22(2)31(34(41)43-3)37-32(39)30-18-11-19-38(30)33(40)29(20-23-12-5-4-6-13-23)36-35(42)44-21-28-26-16-9-7-14-24(26)25-15-8-10-17-27(25)28/h4-10,12-17,22,28-31H,11,18-21H2,1-3H3,(H,36,42)(H,37,39)/t29-,30-,31-/m0/s1. The van der Waals surface area contributed by atoms with E-state index >= 15 is 0 Å². The lowest BCUT2D eigenvalue weighted by atomic mass is 9.98. The molecule has 1 aliphatic carbocycles. The van der Waals surface area contributed by atoms with E-state index in [2.05, 4.69) is 22.8 Å². The van der Waals surface area contributed by atoms with Crippen LogP contribution in [0, 0.1) is 5.92 Å². The van der Waals surface area contributed by atoms with Crippen LogP contribution in [0.3, 0.4) is 0 Å². The van der Waals surface area contributed by atoms with E-state index in [4.69, 9.17) is 9.47 Å². The van der Waals surface area contributed by atoms with Gasteiger partial charge >= 0.3 is 12.1 Å². The summed E-state index contributed by atoms with van der Waals surface area (Å²) < 4.78 is 10.6. The van der Waals surface area contributed by atoms with Crippen molar-refractivity contribution in [1.29, 1.82) is 0 Å². The number of ether oxygens (including phenoxy) is 2. The molecule has 2 aliphatic rings. The predicted molar refractivity (Wildman–Crippen MR) is 166 cm³/mol. The molecule has 3 aromatic rings. The molecule has 3 amide bonds. The fourth-order valence-corrected chi connectivity index (χ4v) is 6.21. The van der Waals surface area contributed by atoms with E-state index in [-0.39, 0.29) is 30.8 Å². The van der Waals surface area contributed by atoms with Crippen LogP contribution >= 0.6 is 0 Å². The molecule has 0 aromatic heterocycles. The SMILES string of the molecule is COC(=O)[C@@H](NC(=O)[C@@H]1CCCN1C(=O)[C@H](Cc1ccccc1)NC(=O)OCC1c2ccccc2-c2ccccc21)C(C)C. The highest BCUT2D eigenvalue weighted by atomic mass is 16.5. The highest BCUT2D eigenvalue weighted by Gasteiger charge is 2.40. The molecular formula is C35H39N3O6. The van der Waals surface area contributed by atoms with Crippen LogP contribution in [0.15, 0.2) is 78.9 Å². The van der Waals surface area contributed by atoms with E-state index in [0.29, 0.717) is 19.4 Å². The molecule has 3 atom stereocenters. The van der Waals surface area contributed by atoms with Crippen molar-refractivity contribution >= 4 is 23.9 Å². The van der Waals surface area contributed by atoms with Crippen molar-refractivity contribution in [3.8, 4) is 11.1 Å². The van der Waals surface area contributed by atoms with Crippen LogP contribution in [-0.2, 0) is 30.3 Å². The average Bonchev–Trinajstić information content (AvgIpc) is 3.65. The quantitative estimate of drug-likeness (QED) is 0.334. The van der Waals surface area contributed by atoms with Gasteiger partial charge in [-0.1, -0.05) is 92.7 Å². The number of nitrogens with one attached hydrogen (secondary N) is 2. The molecule has 2 N–H and O–H groups in total. The number of likely N-dealkylation sites (tertiary alicyclic amines) is 1. The molecule has 1 heterocycles. The number of esters is 1. The normalized spacial score (nSPS) is 16.9. The molecule has 1 aliphatic heterocycles. The summed E-state index contributed by atoms with van der Waals surface area (Å²) >= 11 is 0. The van der Waals surface area contributed by atoms with Crippen LogP contribution in [-0.4, -0.2) is 67.2 Å². The van der Waals surface area contributed by atoms with Crippen molar-refractivity contribution < 1.29 is 28.7 Å². The van der Waals surface area contributed by atoms with E-state index in [1.807, 2.05) is 80.6 Å². The number of alkyl carbamates (subject to hydrolysis) is 1. The van der Waals surface area contributed by atoms with Crippen molar-refractivity contribution in [2.45, 2.75) is 57.2 Å². The van der Waals surface area contributed by atoms with Gasteiger partial charge in [-0.2, -0.15) is 0 Å². The molecule has 9 nitrogen and oxygen atoms in total. The first-order chi connectivity index (χ1) is 21.3. The fraction of sp³-hybridized carbons (Fsp3) is 0.371. The minimum absolute atomic E-state index is 0.116. The van der Waals surface area contributed by atoms with Gasteiger partial charge in [0.1, 0.15) is 24.7 Å². The molecule has 0 radical (unpaired) electrons. The highest BCUT2D eigenvalue weighted by molar-refractivity contribution is 5.93. The summed E-state index contributed by atoms with van der Waals surface area (Å²) in [4.78, 5) is 54.3. The van der Waals surface area contributed by atoms with Gasteiger partial charge in [-0.25, -0.2) is 9.59 Å². The third-order valence-electron chi connectivity index (χ3n) is 8.47. The fourth-order valence-electron chi connectivity index (χ4n) is 6.21. The van der Waals surface area contributed by atoms with Crippen LogP contribution in [0.25, 0.3) is 11.1 Å². The summed E-state index contributed by atoms with van der Waals surface area (Å²) in [5.41, 5.74) is 5.29. The Labute approximate surface area is 257 Å². The zero-order chi connectivity index (χ0) is 31.2. The Bertz CT molecular complexity index is 1460. The molecule has 5 rings (SSSR count). The first-order valence-corrected chi connectivity index (χ1v) is 15.1. The largest absolute Gasteiger partial charge is 0.467 e. The lowest BCUT2D eigenvalue weighted by Gasteiger charge is -2.30. The number of hydrogen-bond donors (Lipinski definition) is 2. The number of carbonyl (C=O) groups excluding carboxylic acids is 4. The Morgan fingerprint density at radius 2 is 1.48 bits per heavy atom. The van der Waals surface area contributed by atoms with Crippen LogP contribution in [0.1, 0.15) is 49.3 Å². The van der Waals surface area contributed by atoms with Gasteiger partial charge in [-0.05, 0) is 46.6 Å². The summed E-state index contributed by atoms with van der Waals surface area (Å²) in [6, 6.07) is 23.0. The Balaban J connectivity index is 1.30. The molecule has 9 heteroatoms. The van der Waals surface area contributed by atoms with Gasteiger partial charge < -0.3 is 25.0 Å². The van der Waals surface area contributed by atoms with Crippen molar-refractivity contribution in [1.82, 2.24) is 15.5 Å². The minimum atomic E-state index is -0.956. The molecule has 0 saturated carbocycles. The Morgan fingerprint density at radius 3 is 2.09 bits per heavy atom. The van der Waals surface area contributed by atoms with Crippen LogP contribution in [0.4, 0.5) is 4.79 Å². The topological polar surface area (TPSA) is 114 Å². The average molecular weight is 598 g/mol. The van der Waals surface area contributed by atoms with Crippen molar-refractivity contribution in [3.63, 3.8) is 0 Å². The lowest BCUT2D eigenvalue weighted by molar-refractivity contribution is -0.147. The van der Waals surface area contributed by atoms with E-state index < -0.39 is 36.1 Å². The molecule has 44 heavy (non-hydrogen) atoms. The smallest absolute Gasteiger partial charge is 0.407 e. The third kappa shape index (κ3) is 6.61. The van der Waals surface area contributed by atoms with Crippen molar-refractivity contribution in [2.75, 3.05) is 20.3 Å². The van der Waals surface area contributed by atoms with E-state index in [1.54, 1.807) is 0 Å². The maximum absolute atomic E-state index is 14.0. The number of methoxy groups -OCH3 is 1. The van der Waals surface area contributed by atoms with Gasteiger partial charge in [0.15, 0.2) is 0 Å². The van der Waals surface area contributed by atoms with Gasteiger partial charge in [0.2, 0.25) is 11.8 Å². The summed E-state index contributed by atoms with van der Waals surface area (Å²) in [5.74, 6) is -1.65. The second kappa shape index (κ2) is 13.8. The third-order valence-corrected chi connectivity index (χ3v) is 8.47. The molecule has 0 bridgehead atoms. The number of fused-ring (bicyclic) bond motifs is 3. The monoisotopic (exact) mass is 597 g/mol. The number of amides is 3. The molecule has 230 valence electrons. The van der Waals surface area contributed by atoms with Crippen LogP contribution in [0.5, 0.6) is 0 Å². The molecule has 1 fully saturated rings. The Hall–Kier alpha value is -4.66. The maximum atomic E-state index is 14.0. The minimum Gasteiger partial charge on any atom is -0.467 e. The molecule has 1 saturated heterocycles. The Morgan fingerprint density at radius 1 is 0.864 bits per heavy atom. The van der Waals surface area contributed by atoms with Crippen molar-refractivity contribution in [2.24, 2.45) is 5.92 Å². The summed E-state index contributed by atoms with van der Waals surface area (Å²) in [7, 11) is 1.28. The van der Waals surface area contributed by atoms with Crippen LogP contribution < -0.4 is 10.6 Å².